The number of allylic oxidation sites excluding steroid dienone is 1. The first-order valence-electron chi connectivity index (χ1n) is 7.22. The van der Waals surface area contributed by atoms with Gasteiger partial charge in [0.1, 0.15) is 5.60 Å². The molecular formula is C15H26O2. The van der Waals surface area contributed by atoms with Crippen molar-refractivity contribution in [2.24, 2.45) is 0 Å². The summed E-state index contributed by atoms with van der Waals surface area (Å²) in [5, 5.41) is 11.0. The Balaban J connectivity index is 2.15. The number of hydrogen-bond acceptors (Lipinski definition) is 2. The summed E-state index contributed by atoms with van der Waals surface area (Å²) in [5.74, 6) is 0. The second kappa shape index (κ2) is 6.01. The van der Waals surface area contributed by atoms with Gasteiger partial charge >= 0.3 is 0 Å². The van der Waals surface area contributed by atoms with E-state index in [0.717, 1.165) is 32.1 Å². The third kappa shape index (κ3) is 2.92. The van der Waals surface area contributed by atoms with E-state index in [1.807, 2.05) is 0 Å². The van der Waals surface area contributed by atoms with Gasteiger partial charge in [-0.05, 0) is 44.1 Å². The van der Waals surface area contributed by atoms with E-state index in [9.17, 15) is 5.11 Å². The van der Waals surface area contributed by atoms with Crippen molar-refractivity contribution in [2.75, 3.05) is 7.11 Å². The Morgan fingerprint density at radius 2 is 2.00 bits per heavy atom. The van der Waals surface area contributed by atoms with Crippen LogP contribution in [0.4, 0.5) is 0 Å². The highest BCUT2D eigenvalue weighted by atomic mass is 16.5. The summed E-state index contributed by atoms with van der Waals surface area (Å²) in [6, 6.07) is 0. The first kappa shape index (κ1) is 13.1. The molecular weight excluding hydrogens is 212 g/mol. The highest BCUT2D eigenvalue weighted by Gasteiger charge is 2.41. The maximum absolute atomic E-state index is 11.0. The minimum absolute atomic E-state index is 0.0157. The quantitative estimate of drug-likeness (QED) is 0.745. The predicted molar refractivity (Wildman–Crippen MR) is 70.0 cm³/mol. The lowest BCUT2D eigenvalue weighted by Gasteiger charge is -2.41. The number of methoxy groups -OCH3 is 1. The highest BCUT2D eigenvalue weighted by molar-refractivity contribution is 5.21. The molecule has 17 heavy (non-hydrogen) atoms. The van der Waals surface area contributed by atoms with E-state index in [1.54, 1.807) is 7.11 Å². The zero-order chi connectivity index (χ0) is 12.1. The number of aliphatic hydroxyl groups is 1. The van der Waals surface area contributed by atoms with Gasteiger partial charge in [-0.1, -0.05) is 31.8 Å². The van der Waals surface area contributed by atoms with Gasteiger partial charge in [0.25, 0.3) is 0 Å². The van der Waals surface area contributed by atoms with Gasteiger partial charge in [-0.25, -0.2) is 0 Å². The van der Waals surface area contributed by atoms with Crippen LogP contribution in [0, 0.1) is 0 Å². The van der Waals surface area contributed by atoms with Crippen LogP contribution in [0.1, 0.15) is 64.2 Å². The number of ether oxygens (including phenoxy) is 1. The Hall–Kier alpha value is -0.340. The van der Waals surface area contributed by atoms with E-state index >= 15 is 0 Å². The van der Waals surface area contributed by atoms with Crippen LogP contribution >= 0.6 is 0 Å². The van der Waals surface area contributed by atoms with E-state index < -0.39 is 5.60 Å². The standard InChI is InChI=1S/C15H26O2/c1-17-14-11-7-8-12-15(14,16)13-9-5-3-2-4-6-10-13/h9,14,16H,2-8,10-12H2,1H3. The van der Waals surface area contributed by atoms with Gasteiger partial charge in [0.15, 0.2) is 0 Å². The van der Waals surface area contributed by atoms with Crippen LogP contribution in [-0.4, -0.2) is 23.9 Å². The molecule has 2 atom stereocenters. The van der Waals surface area contributed by atoms with Crippen LogP contribution in [-0.2, 0) is 4.74 Å². The van der Waals surface area contributed by atoms with Gasteiger partial charge in [-0.15, -0.1) is 0 Å². The van der Waals surface area contributed by atoms with Crippen LogP contribution in [0.25, 0.3) is 0 Å². The van der Waals surface area contributed by atoms with Crippen LogP contribution in [0.3, 0.4) is 0 Å². The molecule has 1 N–H and O–H groups in total. The molecule has 0 aromatic carbocycles. The van der Waals surface area contributed by atoms with Crippen molar-refractivity contribution in [2.45, 2.75) is 75.9 Å². The fourth-order valence-electron chi connectivity index (χ4n) is 3.39. The summed E-state index contributed by atoms with van der Waals surface area (Å²) < 4.78 is 5.54. The monoisotopic (exact) mass is 238 g/mol. The van der Waals surface area contributed by atoms with Gasteiger partial charge in [0, 0.05) is 7.11 Å². The van der Waals surface area contributed by atoms with E-state index in [1.165, 1.54) is 37.7 Å². The fourth-order valence-corrected chi connectivity index (χ4v) is 3.39. The molecule has 2 heteroatoms. The number of rotatable bonds is 2. The van der Waals surface area contributed by atoms with E-state index in [0.29, 0.717) is 0 Å². The molecule has 0 aromatic rings. The van der Waals surface area contributed by atoms with Gasteiger partial charge in [-0.2, -0.15) is 0 Å². The van der Waals surface area contributed by atoms with Crippen molar-refractivity contribution < 1.29 is 9.84 Å². The second-order valence-electron chi connectivity index (χ2n) is 5.58. The van der Waals surface area contributed by atoms with Crippen molar-refractivity contribution in [3.05, 3.63) is 11.6 Å². The molecule has 2 aliphatic rings. The van der Waals surface area contributed by atoms with E-state index in [-0.39, 0.29) is 6.10 Å². The minimum Gasteiger partial charge on any atom is -0.383 e. The normalized spacial score (nSPS) is 35.9. The largest absolute Gasteiger partial charge is 0.383 e. The molecule has 0 amide bonds. The van der Waals surface area contributed by atoms with E-state index in [4.69, 9.17) is 4.74 Å². The molecule has 1 fully saturated rings. The molecule has 0 bridgehead atoms. The zero-order valence-corrected chi connectivity index (χ0v) is 11.1. The van der Waals surface area contributed by atoms with Gasteiger partial charge in [0.05, 0.1) is 6.10 Å². The van der Waals surface area contributed by atoms with Crippen molar-refractivity contribution in [3.63, 3.8) is 0 Å². The molecule has 2 unspecified atom stereocenters. The lowest BCUT2D eigenvalue weighted by Crippen LogP contribution is -2.47. The average Bonchev–Trinajstić information content (AvgIpc) is 2.28. The van der Waals surface area contributed by atoms with Crippen molar-refractivity contribution >= 4 is 0 Å². The molecule has 2 aliphatic carbocycles. The van der Waals surface area contributed by atoms with Gasteiger partial charge in [-0.3, -0.25) is 0 Å². The molecule has 0 saturated heterocycles. The van der Waals surface area contributed by atoms with Crippen LogP contribution in [0.15, 0.2) is 11.6 Å². The molecule has 1 saturated carbocycles. The van der Waals surface area contributed by atoms with Crippen molar-refractivity contribution in [1.29, 1.82) is 0 Å². The van der Waals surface area contributed by atoms with E-state index in [2.05, 4.69) is 6.08 Å². The minimum atomic E-state index is -0.662. The zero-order valence-electron chi connectivity index (χ0n) is 11.1. The Kier molecular flexibility index (Phi) is 4.63. The van der Waals surface area contributed by atoms with Crippen LogP contribution in [0.5, 0.6) is 0 Å². The Morgan fingerprint density at radius 1 is 1.18 bits per heavy atom. The summed E-state index contributed by atoms with van der Waals surface area (Å²) in [4.78, 5) is 0. The Bertz CT molecular complexity index is 272. The fraction of sp³-hybridized carbons (Fsp3) is 0.867. The summed E-state index contributed by atoms with van der Waals surface area (Å²) >= 11 is 0. The van der Waals surface area contributed by atoms with Crippen molar-refractivity contribution in [1.82, 2.24) is 0 Å². The summed E-state index contributed by atoms with van der Waals surface area (Å²) in [7, 11) is 1.74. The molecule has 2 rings (SSSR count). The lowest BCUT2D eigenvalue weighted by atomic mass is 9.74. The molecule has 0 heterocycles. The third-order valence-corrected chi connectivity index (χ3v) is 4.44. The molecule has 0 spiro atoms. The number of hydrogen-bond donors (Lipinski definition) is 1. The lowest BCUT2D eigenvalue weighted by molar-refractivity contribution is -0.0947. The molecule has 0 radical (unpaired) electrons. The predicted octanol–water partition coefficient (Wildman–Crippen LogP) is 3.59. The SMILES string of the molecule is COC1CCCCC1(O)C1=CCCCCCC1. The average molecular weight is 238 g/mol. The molecule has 0 aromatic heterocycles. The first-order valence-corrected chi connectivity index (χ1v) is 7.22. The summed E-state index contributed by atoms with van der Waals surface area (Å²) in [6.45, 7) is 0. The van der Waals surface area contributed by atoms with Gasteiger partial charge < -0.3 is 9.84 Å². The highest BCUT2D eigenvalue weighted by Crippen LogP contribution is 2.39. The van der Waals surface area contributed by atoms with Crippen LogP contribution < -0.4 is 0 Å². The topological polar surface area (TPSA) is 29.5 Å². The maximum atomic E-state index is 11.0. The third-order valence-electron chi connectivity index (χ3n) is 4.44. The molecule has 98 valence electrons. The molecule has 2 nitrogen and oxygen atoms in total. The Morgan fingerprint density at radius 3 is 2.82 bits per heavy atom. The Labute approximate surface area is 105 Å². The van der Waals surface area contributed by atoms with Crippen LogP contribution in [0.2, 0.25) is 0 Å². The second-order valence-corrected chi connectivity index (χ2v) is 5.58. The van der Waals surface area contributed by atoms with Crippen molar-refractivity contribution in [3.8, 4) is 0 Å². The smallest absolute Gasteiger partial charge is 0.112 e. The maximum Gasteiger partial charge on any atom is 0.112 e. The van der Waals surface area contributed by atoms with Gasteiger partial charge in [0.2, 0.25) is 0 Å². The first-order chi connectivity index (χ1) is 8.27. The summed E-state index contributed by atoms with van der Waals surface area (Å²) in [6.07, 6.45) is 13.9. The summed E-state index contributed by atoms with van der Waals surface area (Å²) in [5.41, 5.74) is 0.605. The molecule has 0 aliphatic heterocycles.